The van der Waals surface area contributed by atoms with Gasteiger partial charge < -0.3 is 9.40 Å². The molecule has 3 nitrogen and oxygen atoms in total. The molecule has 29 heavy (non-hydrogen) atoms. The molecule has 2 aromatic carbocycles. The minimum atomic E-state index is 0.00200. The molecule has 4 aromatic rings. The van der Waals surface area contributed by atoms with Gasteiger partial charge in [0, 0.05) is 21.8 Å². The van der Waals surface area contributed by atoms with Crippen molar-refractivity contribution in [3.8, 4) is 34.2 Å². The highest BCUT2D eigenvalue weighted by atomic mass is 35.5. The Balaban J connectivity index is 1.66. The van der Waals surface area contributed by atoms with Crippen LogP contribution < -0.4 is 5.46 Å². The molecule has 140 valence electrons. The average molecular weight is 396 g/mol. The quantitative estimate of drug-likeness (QED) is 0.528. The zero-order valence-corrected chi connectivity index (χ0v) is 18.2. The highest BCUT2D eigenvalue weighted by Gasteiger charge is 2.19. The Labute approximate surface area is 179 Å². The summed E-state index contributed by atoms with van der Waals surface area (Å²) in [6.45, 7) is 2.03. The van der Waals surface area contributed by atoms with Crippen LogP contribution in [0.15, 0.2) is 59.0 Å². The lowest BCUT2D eigenvalue weighted by molar-refractivity contribution is 0.593. The van der Waals surface area contributed by atoms with Crippen LogP contribution in [-0.2, 0) is 5.11 Å². The van der Waals surface area contributed by atoms with Crippen molar-refractivity contribution in [2.45, 2.75) is 12.0 Å². The van der Waals surface area contributed by atoms with Crippen LogP contribution in [0, 0.1) is 6.92 Å². The maximum atomic E-state index is 6.53. The highest BCUT2D eigenvalue weighted by Crippen LogP contribution is 2.33. The van der Waals surface area contributed by atoms with Gasteiger partial charge in [0.2, 0.25) is 0 Å². The van der Waals surface area contributed by atoms with Gasteiger partial charge in [0.15, 0.2) is 11.6 Å². The van der Waals surface area contributed by atoms with Crippen LogP contribution >= 0.6 is 11.6 Å². The molecule has 0 aliphatic rings. The summed E-state index contributed by atoms with van der Waals surface area (Å²) in [6, 6.07) is 18.4. The molecular formula is C21H21B4ClN2O. The molecule has 0 aliphatic heterocycles. The van der Waals surface area contributed by atoms with Gasteiger partial charge in [-0.25, -0.2) is 4.98 Å². The van der Waals surface area contributed by atoms with E-state index in [1.165, 1.54) is 5.46 Å². The predicted octanol–water partition coefficient (Wildman–Crippen LogP) is 1.23. The van der Waals surface area contributed by atoms with Crippen molar-refractivity contribution in [1.29, 1.82) is 0 Å². The number of H-pyrrole nitrogens is 1. The first-order valence-electron chi connectivity index (χ1n) is 9.76. The van der Waals surface area contributed by atoms with E-state index in [-0.39, 0.29) is 5.11 Å². The Kier molecular flexibility index (Phi) is 5.04. The molecule has 0 fully saturated rings. The Morgan fingerprint density at radius 2 is 1.59 bits per heavy atom. The van der Waals surface area contributed by atoms with Gasteiger partial charge in [-0.15, -0.1) is 0 Å². The van der Waals surface area contributed by atoms with E-state index in [0.717, 1.165) is 44.7 Å². The van der Waals surface area contributed by atoms with E-state index >= 15 is 0 Å². The maximum absolute atomic E-state index is 6.53. The molecule has 0 spiro atoms. The molecular weight excluding hydrogens is 375 g/mol. The average Bonchev–Trinajstić information content (AvgIpc) is 3.28. The van der Waals surface area contributed by atoms with Crippen molar-refractivity contribution in [1.82, 2.24) is 9.97 Å². The minimum absolute atomic E-state index is 0.00200. The zero-order chi connectivity index (χ0) is 20.8. The van der Waals surface area contributed by atoms with Crippen LogP contribution in [0.2, 0.25) is 5.02 Å². The van der Waals surface area contributed by atoms with Gasteiger partial charge in [-0.2, -0.15) is 0 Å². The first-order valence-corrected chi connectivity index (χ1v) is 10.1. The van der Waals surface area contributed by atoms with E-state index in [0.29, 0.717) is 5.76 Å². The second kappa shape index (κ2) is 7.38. The van der Waals surface area contributed by atoms with Crippen molar-refractivity contribution >= 4 is 48.4 Å². The van der Waals surface area contributed by atoms with E-state index in [9.17, 15) is 0 Å². The maximum Gasteiger partial charge on any atom is 0.174 e. The van der Waals surface area contributed by atoms with Crippen molar-refractivity contribution in [3.63, 3.8) is 0 Å². The summed E-state index contributed by atoms with van der Waals surface area (Å²) in [5.74, 6) is 2.20. The Morgan fingerprint density at radius 1 is 0.931 bits per heavy atom. The molecule has 0 bridgehead atoms. The third kappa shape index (κ3) is 3.97. The Hall–Kier alpha value is -2.52. The standard InChI is InChI=1S/C21H21B4ClN2O/c1-11-19(12-2-5-14(22)6-3-12)28-20(27-11)18-9-8-17(29-18)13-4-7-15(16(26)10-13)21(23,24)25/h2-10H,22-25H2,1H3,(H,27,28). The van der Waals surface area contributed by atoms with Crippen LogP contribution in [-0.4, -0.2) is 41.4 Å². The lowest BCUT2D eigenvalue weighted by Crippen LogP contribution is -2.27. The normalized spacial score (nSPS) is 11.7. The van der Waals surface area contributed by atoms with Crippen LogP contribution in [0.3, 0.4) is 0 Å². The lowest BCUT2D eigenvalue weighted by atomic mass is 9.40. The number of rotatable bonds is 4. The number of hydrogen-bond acceptors (Lipinski definition) is 2. The van der Waals surface area contributed by atoms with E-state index in [4.69, 9.17) is 21.0 Å². The van der Waals surface area contributed by atoms with Gasteiger partial charge in [0.1, 0.15) is 13.6 Å². The fourth-order valence-corrected chi connectivity index (χ4v) is 3.93. The van der Waals surface area contributed by atoms with E-state index in [2.05, 4.69) is 72.8 Å². The van der Waals surface area contributed by atoms with Crippen LogP contribution in [0.25, 0.3) is 34.2 Å². The second-order valence-corrected chi connectivity index (χ2v) is 8.94. The van der Waals surface area contributed by atoms with E-state index < -0.39 is 0 Å². The van der Waals surface area contributed by atoms with E-state index in [1.54, 1.807) is 0 Å². The molecule has 0 saturated heterocycles. The number of halogens is 1. The number of aryl methyl sites for hydroxylation is 1. The van der Waals surface area contributed by atoms with Crippen LogP contribution in [0.4, 0.5) is 0 Å². The smallest absolute Gasteiger partial charge is 0.174 e. The third-order valence-electron chi connectivity index (χ3n) is 5.11. The summed E-state index contributed by atoms with van der Waals surface area (Å²) < 4.78 is 6.11. The molecule has 0 aliphatic carbocycles. The monoisotopic (exact) mass is 396 g/mol. The number of nitrogens with one attached hydrogen (secondary N) is 1. The highest BCUT2D eigenvalue weighted by molar-refractivity contribution is 6.59. The number of aromatic amines is 1. The lowest BCUT2D eigenvalue weighted by Gasteiger charge is -2.20. The van der Waals surface area contributed by atoms with Crippen molar-refractivity contribution in [3.05, 3.63) is 70.9 Å². The number of benzene rings is 2. The second-order valence-electron chi connectivity index (χ2n) is 8.53. The molecule has 0 radical (unpaired) electrons. The summed E-state index contributed by atoms with van der Waals surface area (Å²) >= 11 is 6.53. The van der Waals surface area contributed by atoms with Gasteiger partial charge in [0.05, 0.1) is 29.2 Å². The van der Waals surface area contributed by atoms with Crippen molar-refractivity contribution < 1.29 is 4.42 Å². The summed E-state index contributed by atoms with van der Waals surface area (Å²) in [4.78, 5) is 8.12. The molecule has 0 unspecified atom stereocenters. The summed E-state index contributed by atoms with van der Waals surface area (Å²) in [5.41, 5.74) is 6.35. The fraction of sp³-hybridized carbons (Fsp3) is 0.0952. The number of nitrogens with zero attached hydrogens (tertiary/aromatic N) is 1. The molecule has 2 heterocycles. The molecule has 1 N–H and O–H groups in total. The topological polar surface area (TPSA) is 41.8 Å². The van der Waals surface area contributed by atoms with Crippen molar-refractivity contribution in [2.24, 2.45) is 0 Å². The first kappa shape index (κ1) is 19.8. The first-order chi connectivity index (χ1) is 13.7. The van der Waals surface area contributed by atoms with Crippen LogP contribution in [0.5, 0.6) is 0 Å². The van der Waals surface area contributed by atoms with Gasteiger partial charge in [-0.05, 0) is 30.7 Å². The van der Waals surface area contributed by atoms with Gasteiger partial charge >= 0.3 is 0 Å². The molecule has 4 rings (SSSR count). The molecule has 0 saturated carbocycles. The molecule has 0 amide bonds. The molecule has 0 atom stereocenters. The molecule has 8 heteroatoms. The fourth-order valence-electron chi connectivity index (χ4n) is 3.47. The van der Waals surface area contributed by atoms with Gasteiger partial charge in [-0.3, -0.25) is 0 Å². The predicted molar refractivity (Wildman–Crippen MR) is 132 cm³/mol. The molecule has 2 aromatic heterocycles. The number of imidazole rings is 1. The van der Waals surface area contributed by atoms with E-state index in [1.807, 2.05) is 25.1 Å². The zero-order valence-electron chi connectivity index (χ0n) is 17.4. The largest absolute Gasteiger partial charge is 0.453 e. The van der Waals surface area contributed by atoms with Gasteiger partial charge in [-0.1, -0.05) is 58.6 Å². The van der Waals surface area contributed by atoms with Gasteiger partial charge in [0.25, 0.3) is 0 Å². The minimum Gasteiger partial charge on any atom is -0.453 e. The summed E-state index contributed by atoms with van der Waals surface area (Å²) in [7, 11) is 8.55. The SMILES string of the molecule is Bc1ccc(-c2nc(-c3ccc(-c4ccc(C(B)(B)B)c(Cl)c4)o3)[nH]c2C)cc1. The Bertz CT molecular complexity index is 1180. The number of hydrogen-bond donors (Lipinski definition) is 1. The summed E-state index contributed by atoms with van der Waals surface area (Å²) in [5, 5.41) is 0.755. The number of furan rings is 1. The Morgan fingerprint density at radius 3 is 2.24 bits per heavy atom. The number of aromatic nitrogens is 2. The van der Waals surface area contributed by atoms with Crippen LogP contribution in [0.1, 0.15) is 11.3 Å². The third-order valence-corrected chi connectivity index (χ3v) is 5.42. The van der Waals surface area contributed by atoms with Crippen molar-refractivity contribution in [2.75, 3.05) is 0 Å². The summed E-state index contributed by atoms with van der Waals surface area (Å²) in [6.07, 6.45) is 0.